The highest BCUT2D eigenvalue weighted by Crippen LogP contribution is 2.34. The van der Waals surface area contributed by atoms with E-state index in [1.807, 2.05) is 6.92 Å². The van der Waals surface area contributed by atoms with Crippen LogP contribution in [0.25, 0.3) is 0 Å². The van der Waals surface area contributed by atoms with Crippen LogP contribution in [-0.2, 0) is 11.2 Å². The molecule has 0 bridgehead atoms. The molecule has 6 nitrogen and oxygen atoms in total. The van der Waals surface area contributed by atoms with Gasteiger partial charge in [-0.25, -0.2) is 4.98 Å². The van der Waals surface area contributed by atoms with E-state index in [4.69, 9.17) is 5.11 Å². The van der Waals surface area contributed by atoms with Gasteiger partial charge in [0.1, 0.15) is 0 Å². The molecule has 0 spiro atoms. The van der Waals surface area contributed by atoms with Gasteiger partial charge in [-0.1, -0.05) is 17.8 Å². The van der Waals surface area contributed by atoms with Gasteiger partial charge in [-0.05, 0) is 12.5 Å². The van der Waals surface area contributed by atoms with Crippen molar-refractivity contribution in [3.05, 3.63) is 45.0 Å². The van der Waals surface area contributed by atoms with Crippen molar-refractivity contribution in [2.24, 2.45) is 0 Å². The molecule has 0 aliphatic carbocycles. The molecule has 2 aromatic rings. The van der Waals surface area contributed by atoms with Crippen LogP contribution < -0.4 is 0 Å². The molecule has 0 aliphatic rings. The highest BCUT2D eigenvalue weighted by atomic mass is 32.2. The fourth-order valence-corrected chi connectivity index (χ4v) is 3.39. The zero-order valence-electron chi connectivity index (χ0n) is 10.4. The summed E-state index contributed by atoms with van der Waals surface area (Å²) in [5, 5.41) is 21.1. The van der Waals surface area contributed by atoms with Crippen LogP contribution in [0.2, 0.25) is 0 Å². The molecule has 0 unspecified atom stereocenters. The second-order valence-electron chi connectivity index (χ2n) is 3.98. The number of carboxylic acids is 1. The summed E-state index contributed by atoms with van der Waals surface area (Å²) in [5.74, 6) is -0.932. The highest BCUT2D eigenvalue weighted by molar-refractivity contribution is 8.01. The minimum atomic E-state index is -0.932. The number of non-ortho nitro benzene ring substituents is 1. The Balaban J connectivity index is 2.21. The van der Waals surface area contributed by atoms with Gasteiger partial charge in [-0.15, -0.1) is 11.3 Å². The first-order valence-electron chi connectivity index (χ1n) is 5.55. The van der Waals surface area contributed by atoms with Gasteiger partial charge in [-0.2, -0.15) is 0 Å². The van der Waals surface area contributed by atoms with E-state index in [1.165, 1.54) is 35.2 Å². The number of rotatable bonds is 5. The standard InChI is InChI=1S/C12H10N2O4S2/c1-7-2-3-9(14(17)18)5-10(7)20-12-13-8(6-19-12)4-11(15)16/h2-3,5-6H,4H2,1H3,(H,15,16). The minimum Gasteiger partial charge on any atom is -0.481 e. The Hall–Kier alpha value is -1.93. The van der Waals surface area contributed by atoms with E-state index in [2.05, 4.69) is 4.98 Å². The van der Waals surface area contributed by atoms with E-state index in [-0.39, 0.29) is 12.1 Å². The first-order valence-corrected chi connectivity index (χ1v) is 7.24. The van der Waals surface area contributed by atoms with Gasteiger partial charge in [0.05, 0.1) is 17.0 Å². The lowest BCUT2D eigenvalue weighted by atomic mass is 10.2. The number of hydrogen-bond acceptors (Lipinski definition) is 6. The number of aliphatic carboxylic acids is 1. The number of carboxylic acid groups (broad SMARTS) is 1. The lowest BCUT2D eigenvalue weighted by molar-refractivity contribution is -0.385. The molecular weight excluding hydrogens is 300 g/mol. The van der Waals surface area contributed by atoms with E-state index in [1.54, 1.807) is 11.4 Å². The van der Waals surface area contributed by atoms with Crippen LogP contribution in [-0.4, -0.2) is 21.0 Å². The predicted octanol–water partition coefficient (Wildman–Crippen LogP) is 3.14. The Morgan fingerprint density at radius 1 is 1.55 bits per heavy atom. The third-order valence-corrected chi connectivity index (χ3v) is 4.59. The molecule has 2 rings (SSSR count). The smallest absolute Gasteiger partial charge is 0.309 e. The number of aromatic nitrogens is 1. The SMILES string of the molecule is Cc1ccc([N+](=O)[O-])cc1Sc1nc(CC(=O)O)cs1. The maximum atomic E-state index is 10.8. The van der Waals surface area contributed by atoms with Crippen LogP contribution in [0, 0.1) is 17.0 Å². The summed E-state index contributed by atoms with van der Waals surface area (Å²) < 4.78 is 0.671. The maximum absolute atomic E-state index is 10.8. The van der Waals surface area contributed by atoms with Gasteiger partial charge in [0.25, 0.3) is 5.69 Å². The molecule has 0 radical (unpaired) electrons. The van der Waals surface area contributed by atoms with Crippen LogP contribution in [0.1, 0.15) is 11.3 Å². The summed E-state index contributed by atoms with van der Waals surface area (Å²) in [7, 11) is 0. The molecule has 0 saturated heterocycles. The normalized spacial score (nSPS) is 10.4. The van der Waals surface area contributed by atoms with Gasteiger partial charge in [0, 0.05) is 22.4 Å². The van der Waals surface area contributed by atoms with E-state index in [0.717, 1.165) is 10.5 Å². The molecule has 1 aromatic carbocycles. The largest absolute Gasteiger partial charge is 0.481 e. The number of carbonyl (C=O) groups is 1. The Labute approximate surface area is 122 Å². The van der Waals surface area contributed by atoms with Gasteiger partial charge >= 0.3 is 5.97 Å². The molecule has 1 aromatic heterocycles. The molecule has 8 heteroatoms. The Morgan fingerprint density at radius 2 is 2.30 bits per heavy atom. The molecule has 20 heavy (non-hydrogen) atoms. The molecular formula is C12H10N2O4S2. The van der Waals surface area contributed by atoms with Crippen molar-refractivity contribution in [3.63, 3.8) is 0 Å². The van der Waals surface area contributed by atoms with E-state index >= 15 is 0 Å². The number of aryl methyl sites for hydroxylation is 1. The summed E-state index contributed by atoms with van der Waals surface area (Å²) in [4.78, 5) is 25.8. The maximum Gasteiger partial charge on any atom is 0.309 e. The second kappa shape index (κ2) is 6.02. The summed E-state index contributed by atoms with van der Waals surface area (Å²) in [6.45, 7) is 1.86. The Kier molecular flexibility index (Phi) is 4.35. The summed E-state index contributed by atoms with van der Waals surface area (Å²) in [6, 6.07) is 4.64. The van der Waals surface area contributed by atoms with Crippen molar-refractivity contribution in [2.45, 2.75) is 22.6 Å². The van der Waals surface area contributed by atoms with Crippen molar-refractivity contribution >= 4 is 34.8 Å². The summed E-state index contributed by atoms with van der Waals surface area (Å²) in [5.41, 5.74) is 1.43. The average Bonchev–Trinajstić information content (AvgIpc) is 2.78. The summed E-state index contributed by atoms with van der Waals surface area (Å²) in [6.07, 6.45) is -0.120. The zero-order valence-corrected chi connectivity index (χ0v) is 12.0. The van der Waals surface area contributed by atoms with Gasteiger partial charge in [-0.3, -0.25) is 14.9 Å². The fraction of sp³-hybridized carbons (Fsp3) is 0.167. The number of nitro benzene ring substituents is 1. The zero-order chi connectivity index (χ0) is 14.7. The Bertz CT molecular complexity index is 669. The van der Waals surface area contributed by atoms with Crippen molar-refractivity contribution in [2.75, 3.05) is 0 Å². The quantitative estimate of drug-likeness (QED) is 0.673. The van der Waals surface area contributed by atoms with Gasteiger partial charge in [0.2, 0.25) is 0 Å². The van der Waals surface area contributed by atoms with E-state index in [0.29, 0.717) is 10.0 Å². The van der Waals surface area contributed by atoms with E-state index in [9.17, 15) is 14.9 Å². The molecule has 0 fully saturated rings. The predicted molar refractivity (Wildman–Crippen MR) is 75.4 cm³/mol. The summed E-state index contributed by atoms with van der Waals surface area (Å²) >= 11 is 2.63. The first-order chi connectivity index (χ1) is 9.45. The topological polar surface area (TPSA) is 93.3 Å². The number of nitrogens with zero attached hydrogens (tertiary/aromatic N) is 2. The van der Waals surface area contributed by atoms with Gasteiger partial charge < -0.3 is 5.11 Å². The van der Waals surface area contributed by atoms with Gasteiger partial charge in [0.15, 0.2) is 4.34 Å². The van der Waals surface area contributed by atoms with Crippen LogP contribution in [0.5, 0.6) is 0 Å². The number of thiazole rings is 1. The highest BCUT2D eigenvalue weighted by Gasteiger charge is 2.12. The van der Waals surface area contributed by atoms with Crippen molar-refractivity contribution < 1.29 is 14.8 Å². The monoisotopic (exact) mass is 310 g/mol. The number of hydrogen-bond donors (Lipinski definition) is 1. The van der Waals surface area contributed by atoms with E-state index < -0.39 is 10.9 Å². The van der Waals surface area contributed by atoms with Crippen LogP contribution >= 0.6 is 23.1 Å². The van der Waals surface area contributed by atoms with Crippen molar-refractivity contribution in [1.82, 2.24) is 4.98 Å². The van der Waals surface area contributed by atoms with Crippen LogP contribution in [0.4, 0.5) is 5.69 Å². The molecule has 0 saturated carbocycles. The van der Waals surface area contributed by atoms with Crippen LogP contribution in [0.3, 0.4) is 0 Å². The third-order valence-electron chi connectivity index (χ3n) is 2.44. The molecule has 0 amide bonds. The minimum absolute atomic E-state index is 0.0282. The third kappa shape index (κ3) is 3.55. The number of nitro groups is 1. The second-order valence-corrected chi connectivity index (χ2v) is 6.13. The molecule has 104 valence electrons. The fourth-order valence-electron chi connectivity index (χ4n) is 1.48. The molecule has 1 N–H and O–H groups in total. The molecule has 0 aliphatic heterocycles. The average molecular weight is 310 g/mol. The lowest BCUT2D eigenvalue weighted by Gasteiger charge is -2.02. The van der Waals surface area contributed by atoms with Crippen LogP contribution in [0.15, 0.2) is 32.8 Å². The number of benzene rings is 1. The van der Waals surface area contributed by atoms with Crippen molar-refractivity contribution in [3.8, 4) is 0 Å². The first kappa shape index (κ1) is 14.5. The molecule has 0 atom stereocenters. The van der Waals surface area contributed by atoms with Crippen molar-refractivity contribution in [1.29, 1.82) is 0 Å². The molecule has 1 heterocycles. The Morgan fingerprint density at radius 3 is 2.95 bits per heavy atom. The lowest BCUT2D eigenvalue weighted by Crippen LogP contribution is -1.99.